The molecular formula is C21H26N4O. The van der Waals surface area contributed by atoms with Gasteiger partial charge in [0.05, 0.1) is 6.61 Å². The molecule has 0 aliphatic carbocycles. The maximum Gasteiger partial charge on any atom is 0.191 e. The number of methoxy groups -OCH3 is 1. The quantitative estimate of drug-likeness (QED) is 0.453. The summed E-state index contributed by atoms with van der Waals surface area (Å²) in [6.07, 6.45) is 3.03. The summed E-state index contributed by atoms with van der Waals surface area (Å²) in [4.78, 5) is 7.62. The summed E-state index contributed by atoms with van der Waals surface area (Å²) in [5.74, 6) is 0.807. The Balaban J connectivity index is 1.50. The summed E-state index contributed by atoms with van der Waals surface area (Å²) in [5, 5.41) is 8.03. The second kappa shape index (κ2) is 9.06. The molecule has 0 unspecified atom stereocenters. The van der Waals surface area contributed by atoms with Crippen molar-refractivity contribution in [2.75, 3.05) is 20.7 Å². The van der Waals surface area contributed by atoms with E-state index in [1.807, 2.05) is 6.07 Å². The van der Waals surface area contributed by atoms with Gasteiger partial charge in [0.15, 0.2) is 5.96 Å². The van der Waals surface area contributed by atoms with Crippen LogP contribution >= 0.6 is 0 Å². The number of rotatable bonds is 7. The van der Waals surface area contributed by atoms with Gasteiger partial charge in [0, 0.05) is 44.3 Å². The number of hydrogen-bond acceptors (Lipinski definition) is 2. The molecule has 0 atom stereocenters. The summed E-state index contributed by atoms with van der Waals surface area (Å²) < 4.78 is 5.19. The first kappa shape index (κ1) is 18.0. The molecule has 0 saturated carbocycles. The standard InChI is InChI=1S/C21H26N4O/c1-22-21(25-13-16-6-5-7-17(12-16)15-26-2)23-11-10-18-14-24-20-9-4-3-8-19(18)20/h3-9,12,14,24H,10-11,13,15H2,1-2H3,(H2,22,23,25). The summed E-state index contributed by atoms with van der Waals surface area (Å²) in [5.41, 5.74) is 4.88. The molecule has 0 fully saturated rings. The van der Waals surface area contributed by atoms with Gasteiger partial charge in [-0.2, -0.15) is 0 Å². The predicted molar refractivity (Wildman–Crippen MR) is 107 cm³/mol. The van der Waals surface area contributed by atoms with E-state index in [4.69, 9.17) is 4.74 Å². The number of nitrogens with one attached hydrogen (secondary N) is 3. The van der Waals surface area contributed by atoms with Crippen LogP contribution in [0, 0.1) is 0 Å². The molecule has 0 bridgehead atoms. The van der Waals surface area contributed by atoms with Crippen molar-refractivity contribution in [1.29, 1.82) is 0 Å². The first-order valence-electron chi connectivity index (χ1n) is 8.86. The molecule has 0 radical (unpaired) electrons. The van der Waals surface area contributed by atoms with Crippen molar-refractivity contribution < 1.29 is 4.74 Å². The van der Waals surface area contributed by atoms with Crippen LogP contribution in [0.3, 0.4) is 0 Å². The molecular weight excluding hydrogens is 324 g/mol. The molecule has 0 aliphatic rings. The molecule has 3 rings (SSSR count). The van der Waals surface area contributed by atoms with Gasteiger partial charge in [0.1, 0.15) is 0 Å². The van der Waals surface area contributed by atoms with Crippen LogP contribution in [0.15, 0.2) is 59.7 Å². The zero-order chi connectivity index (χ0) is 18.2. The monoisotopic (exact) mass is 350 g/mol. The van der Waals surface area contributed by atoms with E-state index in [1.54, 1.807) is 14.2 Å². The third-order valence-electron chi connectivity index (χ3n) is 4.35. The highest BCUT2D eigenvalue weighted by molar-refractivity contribution is 5.83. The van der Waals surface area contributed by atoms with Crippen LogP contribution in [0.2, 0.25) is 0 Å². The smallest absolute Gasteiger partial charge is 0.191 e. The van der Waals surface area contributed by atoms with Crippen LogP contribution in [-0.4, -0.2) is 31.6 Å². The Kier molecular flexibility index (Phi) is 6.28. The number of H-pyrrole nitrogens is 1. The van der Waals surface area contributed by atoms with Crippen LogP contribution in [0.1, 0.15) is 16.7 Å². The Morgan fingerprint density at radius 2 is 1.92 bits per heavy atom. The molecule has 1 aromatic heterocycles. The topological polar surface area (TPSA) is 61.4 Å². The van der Waals surface area contributed by atoms with E-state index >= 15 is 0 Å². The number of benzene rings is 2. The van der Waals surface area contributed by atoms with Gasteiger partial charge in [-0.25, -0.2) is 0 Å². The van der Waals surface area contributed by atoms with E-state index in [1.165, 1.54) is 27.6 Å². The lowest BCUT2D eigenvalue weighted by Gasteiger charge is -2.12. The number of aromatic nitrogens is 1. The Morgan fingerprint density at radius 1 is 1.08 bits per heavy atom. The first-order valence-corrected chi connectivity index (χ1v) is 8.86. The van der Waals surface area contributed by atoms with Crippen molar-refractivity contribution in [3.8, 4) is 0 Å². The van der Waals surface area contributed by atoms with Crippen LogP contribution < -0.4 is 10.6 Å². The summed E-state index contributed by atoms with van der Waals surface area (Å²) in [6.45, 7) is 2.18. The number of fused-ring (bicyclic) bond motifs is 1. The minimum Gasteiger partial charge on any atom is -0.380 e. The van der Waals surface area contributed by atoms with Crippen molar-refractivity contribution in [2.45, 2.75) is 19.6 Å². The van der Waals surface area contributed by atoms with E-state index in [0.29, 0.717) is 6.61 Å². The van der Waals surface area contributed by atoms with Crippen molar-refractivity contribution in [2.24, 2.45) is 4.99 Å². The molecule has 0 spiro atoms. The molecule has 26 heavy (non-hydrogen) atoms. The minimum atomic E-state index is 0.630. The molecule has 5 nitrogen and oxygen atoms in total. The zero-order valence-corrected chi connectivity index (χ0v) is 15.4. The summed E-state index contributed by atoms with van der Waals surface area (Å²) in [7, 11) is 3.51. The number of hydrogen-bond donors (Lipinski definition) is 3. The van der Waals surface area contributed by atoms with Crippen molar-refractivity contribution in [3.05, 3.63) is 71.4 Å². The van der Waals surface area contributed by atoms with Crippen LogP contribution in [0.4, 0.5) is 0 Å². The SMILES string of the molecule is CN=C(NCCc1c[nH]c2ccccc12)NCc1cccc(COC)c1. The van der Waals surface area contributed by atoms with Gasteiger partial charge in [-0.3, -0.25) is 4.99 Å². The Hall–Kier alpha value is -2.79. The van der Waals surface area contributed by atoms with E-state index in [9.17, 15) is 0 Å². The third kappa shape index (κ3) is 4.64. The van der Waals surface area contributed by atoms with Crippen LogP contribution in [-0.2, 0) is 24.3 Å². The molecule has 0 amide bonds. The predicted octanol–water partition coefficient (Wildman–Crippen LogP) is 3.22. The van der Waals surface area contributed by atoms with E-state index in [0.717, 1.165) is 25.5 Å². The van der Waals surface area contributed by atoms with Gasteiger partial charge in [-0.15, -0.1) is 0 Å². The number of nitrogens with zero attached hydrogens (tertiary/aromatic N) is 1. The fourth-order valence-electron chi connectivity index (χ4n) is 3.06. The lowest BCUT2D eigenvalue weighted by atomic mass is 10.1. The number of ether oxygens (including phenoxy) is 1. The normalized spacial score (nSPS) is 11.7. The van der Waals surface area contributed by atoms with Gasteiger partial charge < -0.3 is 20.4 Å². The summed E-state index contributed by atoms with van der Waals surface area (Å²) >= 11 is 0. The minimum absolute atomic E-state index is 0.630. The largest absolute Gasteiger partial charge is 0.380 e. The van der Waals surface area contributed by atoms with Gasteiger partial charge >= 0.3 is 0 Å². The average Bonchev–Trinajstić information content (AvgIpc) is 3.08. The Bertz CT molecular complexity index is 869. The highest BCUT2D eigenvalue weighted by Crippen LogP contribution is 2.17. The lowest BCUT2D eigenvalue weighted by Crippen LogP contribution is -2.37. The summed E-state index contributed by atoms with van der Waals surface area (Å²) in [6, 6.07) is 16.8. The number of aromatic amines is 1. The van der Waals surface area contributed by atoms with Crippen LogP contribution in [0.25, 0.3) is 10.9 Å². The number of guanidine groups is 1. The molecule has 1 heterocycles. The van der Waals surface area contributed by atoms with E-state index in [2.05, 4.69) is 69.3 Å². The van der Waals surface area contributed by atoms with Gasteiger partial charge in [0.2, 0.25) is 0 Å². The fourth-order valence-corrected chi connectivity index (χ4v) is 3.06. The molecule has 3 N–H and O–H groups in total. The molecule has 0 saturated heterocycles. The lowest BCUT2D eigenvalue weighted by molar-refractivity contribution is 0.185. The molecule has 2 aromatic carbocycles. The Labute approximate surface area is 154 Å². The van der Waals surface area contributed by atoms with Crippen molar-refractivity contribution in [1.82, 2.24) is 15.6 Å². The van der Waals surface area contributed by atoms with Gasteiger partial charge in [-0.05, 0) is 29.2 Å². The van der Waals surface area contributed by atoms with E-state index < -0.39 is 0 Å². The third-order valence-corrected chi connectivity index (χ3v) is 4.35. The highest BCUT2D eigenvalue weighted by atomic mass is 16.5. The zero-order valence-electron chi connectivity index (χ0n) is 15.4. The van der Waals surface area contributed by atoms with Crippen LogP contribution in [0.5, 0.6) is 0 Å². The maximum atomic E-state index is 5.19. The number of para-hydroxylation sites is 1. The second-order valence-electron chi connectivity index (χ2n) is 6.22. The van der Waals surface area contributed by atoms with Gasteiger partial charge in [0.25, 0.3) is 0 Å². The number of aliphatic imine (C=N–C) groups is 1. The molecule has 136 valence electrons. The fraction of sp³-hybridized carbons (Fsp3) is 0.286. The van der Waals surface area contributed by atoms with E-state index in [-0.39, 0.29) is 0 Å². The maximum absolute atomic E-state index is 5.19. The van der Waals surface area contributed by atoms with Crippen molar-refractivity contribution in [3.63, 3.8) is 0 Å². The highest BCUT2D eigenvalue weighted by Gasteiger charge is 2.04. The molecule has 0 aliphatic heterocycles. The second-order valence-corrected chi connectivity index (χ2v) is 6.22. The average molecular weight is 350 g/mol. The first-order chi connectivity index (χ1) is 12.8. The van der Waals surface area contributed by atoms with Crippen molar-refractivity contribution >= 4 is 16.9 Å². The molecule has 3 aromatic rings. The van der Waals surface area contributed by atoms with Gasteiger partial charge in [-0.1, -0.05) is 42.5 Å². The molecule has 5 heteroatoms. The Morgan fingerprint density at radius 3 is 2.77 bits per heavy atom.